The van der Waals surface area contributed by atoms with Crippen molar-refractivity contribution in [1.29, 1.82) is 0 Å². The highest BCUT2D eigenvalue weighted by atomic mass is 32.2. The number of rotatable bonds is 5. The van der Waals surface area contributed by atoms with Crippen LogP contribution in [0.15, 0.2) is 0 Å². The second kappa shape index (κ2) is 5.76. The molecule has 0 aromatic rings. The molecule has 0 bridgehead atoms. The van der Waals surface area contributed by atoms with E-state index in [1.165, 1.54) is 0 Å². The number of hydrogen-bond acceptors (Lipinski definition) is 5. The van der Waals surface area contributed by atoms with E-state index in [9.17, 15) is 22.4 Å². The average Bonchev–Trinajstić information content (AvgIpc) is 2.58. The molecule has 0 aromatic carbocycles. The van der Waals surface area contributed by atoms with Crippen molar-refractivity contribution in [2.45, 2.75) is 30.1 Å². The van der Waals surface area contributed by atoms with Gasteiger partial charge in [-0.2, -0.15) is 13.2 Å². The highest BCUT2D eigenvalue weighted by Gasteiger charge is 2.35. The Morgan fingerprint density at radius 2 is 2.24 bits per heavy atom. The van der Waals surface area contributed by atoms with Crippen LogP contribution in [0.5, 0.6) is 0 Å². The maximum atomic E-state index is 13.3. The van der Waals surface area contributed by atoms with E-state index in [1.807, 2.05) is 0 Å². The Morgan fingerprint density at radius 3 is 2.71 bits per heavy atom. The Kier molecular flexibility index (Phi) is 4.87. The van der Waals surface area contributed by atoms with Gasteiger partial charge >= 0.3 is 11.7 Å². The molecule has 0 saturated carbocycles. The van der Waals surface area contributed by atoms with Crippen molar-refractivity contribution >= 4 is 17.9 Å². The number of cyclic esters (lactones) is 2. The number of thioether (sulfide) groups is 1. The van der Waals surface area contributed by atoms with Crippen molar-refractivity contribution in [1.82, 2.24) is 0 Å². The van der Waals surface area contributed by atoms with Crippen LogP contribution in [0.25, 0.3) is 0 Å². The molecule has 0 aromatic heterocycles. The molecule has 9 heteroatoms. The molecule has 17 heavy (non-hydrogen) atoms. The molecule has 1 heterocycles. The molecule has 1 aliphatic rings. The van der Waals surface area contributed by atoms with Crippen LogP contribution < -0.4 is 0 Å². The summed E-state index contributed by atoms with van der Waals surface area (Å²) < 4.78 is 62.5. The molecule has 0 spiro atoms. The Hall–Kier alpha value is -0.700. The van der Waals surface area contributed by atoms with Gasteiger partial charge in [-0.3, -0.25) is 0 Å². The molecular weight excluding hydrogens is 268 g/mol. The van der Waals surface area contributed by atoms with Crippen LogP contribution in [0.1, 0.15) is 6.92 Å². The SMILES string of the molecule is CC(SC(F)(F)F)C(F)COC1COC(=O)O1. The highest BCUT2D eigenvalue weighted by molar-refractivity contribution is 8.00. The quantitative estimate of drug-likeness (QED) is 0.571. The molecule has 0 N–H and O–H groups in total. The Morgan fingerprint density at radius 1 is 1.59 bits per heavy atom. The molecule has 0 aliphatic carbocycles. The minimum Gasteiger partial charge on any atom is -0.428 e. The topological polar surface area (TPSA) is 44.8 Å². The predicted octanol–water partition coefficient (Wildman–Crippen LogP) is 2.48. The molecule has 1 aliphatic heterocycles. The molecule has 1 saturated heterocycles. The summed E-state index contributed by atoms with van der Waals surface area (Å²) in [5.74, 6) is 0. The van der Waals surface area contributed by atoms with Crippen LogP contribution in [-0.4, -0.2) is 42.6 Å². The first-order valence-corrected chi connectivity index (χ1v) is 5.49. The minimum absolute atomic E-state index is 0.188. The zero-order chi connectivity index (χ0) is 13.1. The lowest BCUT2D eigenvalue weighted by atomic mass is 10.3. The van der Waals surface area contributed by atoms with Gasteiger partial charge in [0.05, 0.1) is 6.61 Å². The van der Waals surface area contributed by atoms with E-state index in [2.05, 4.69) is 9.47 Å². The first-order chi connectivity index (χ1) is 7.78. The number of ether oxygens (including phenoxy) is 3. The molecule has 3 atom stereocenters. The van der Waals surface area contributed by atoms with Gasteiger partial charge in [0.15, 0.2) is 6.61 Å². The lowest BCUT2D eigenvalue weighted by molar-refractivity contribution is -0.0916. The van der Waals surface area contributed by atoms with Gasteiger partial charge in [-0.1, -0.05) is 6.92 Å². The summed E-state index contributed by atoms with van der Waals surface area (Å²) in [5, 5.41) is -1.30. The molecule has 1 fully saturated rings. The summed E-state index contributed by atoms with van der Waals surface area (Å²) in [4.78, 5) is 10.4. The summed E-state index contributed by atoms with van der Waals surface area (Å²) in [6.45, 7) is 0.321. The van der Waals surface area contributed by atoms with Crippen molar-refractivity contribution in [2.75, 3.05) is 13.2 Å². The fourth-order valence-corrected chi connectivity index (χ4v) is 1.66. The maximum absolute atomic E-state index is 13.3. The Bertz CT molecular complexity index is 273. The second-order valence-electron chi connectivity index (χ2n) is 3.23. The first kappa shape index (κ1) is 14.4. The molecule has 1 rings (SSSR count). The third-order valence-electron chi connectivity index (χ3n) is 1.84. The normalized spacial score (nSPS) is 24.1. The fourth-order valence-electron chi connectivity index (χ4n) is 1.01. The second-order valence-corrected chi connectivity index (χ2v) is 4.67. The van der Waals surface area contributed by atoms with E-state index >= 15 is 0 Å². The third kappa shape index (κ3) is 5.44. The zero-order valence-electron chi connectivity index (χ0n) is 8.70. The molecular formula is C8H10F4O4S. The Balaban J connectivity index is 2.24. The maximum Gasteiger partial charge on any atom is 0.510 e. The van der Waals surface area contributed by atoms with Crippen LogP contribution in [0.3, 0.4) is 0 Å². The molecule has 4 nitrogen and oxygen atoms in total. The van der Waals surface area contributed by atoms with Crippen molar-refractivity contribution < 1.29 is 36.6 Å². The van der Waals surface area contributed by atoms with Crippen molar-refractivity contribution in [2.24, 2.45) is 0 Å². The van der Waals surface area contributed by atoms with E-state index in [-0.39, 0.29) is 6.61 Å². The lowest BCUT2D eigenvalue weighted by Gasteiger charge is -2.18. The van der Waals surface area contributed by atoms with Gasteiger partial charge in [0, 0.05) is 5.25 Å². The largest absolute Gasteiger partial charge is 0.510 e. The monoisotopic (exact) mass is 278 g/mol. The standard InChI is InChI=1S/C8H10F4O4S/c1-4(17-8(10,11)12)5(9)2-14-6-3-15-7(13)16-6/h4-6H,2-3H2,1H3. The fraction of sp³-hybridized carbons (Fsp3) is 0.875. The summed E-state index contributed by atoms with van der Waals surface area (Å²) in [6.07, 6.45) is -3.81. The molecule has 0 radical (unpaired) electrons. The van der Waals surface area contributed by atoms with Crippen LogP contribution in [-0.2, 0) is 14.2 Å². The van der Waals surface area contributed by atoms with Gasteiger partial charge in [-0.25, -0.2) is 9.18 Å². The molecule has 100 valence electrons. The number of halogens is 4. The van der Waals surface area contributed by atoms with Crippen LogP contribution in [0.2, 0.25) is 0 Å². The first-order valence-electron chi connectivity index (χ1n) is 4.61. The van der Waals surface area contributed by atoms with Gasteiger partial charge < -0.3 is 14.2 Å². The molecule has 3 unspecified atom stereocenters. The van der Waals surface area contributed by atoms with Gasteiger partial charge in [0.25, 0.3) is 0 Å². The lowest BCUT2D eigenvalue weighted by Crippen LogP contribution is -2.28. The summed E-state index contributed by atoms with van der Waals surface area (Å²) in [5.41, 5.74) is -4.49. The van der Waals surface area contributed by atoms with E-state index in [1.54, 1.807) is 0 Å². The van der Waals surface area contributed by atoms with Gasteiger partial charge in [-0.15, -0.1) is 0 Å². The zero-order valence-corrected chi connectivity index (χ0v) is 9.52. The van der Waals surface area contributed by atoms with Gasteiger partial charge in [-0.05, 0) is 11.8 Å². The van der Waals surface area contributed by atoms with Crippen LogP contribution in [0, 0.1) is 0 Å². The van der Waals surface area contributed by atoms with E-state index in [0.29, 0.717) is 0 Å². The summed E-state index contributed by atoms with van der Waals surface area (Å²) in [6, 6.07) is 0. The molecule has 0 amide bonds. The van der Waals surface area contributed by atoms with E-state index in [0.717, 1.165) is 6.92 Å². The number of hydrogen-bond donors (Lipinski definition) is 0. The number of carbonyl (C=O) groups excluding carboxylic acids is 1. The van der Waals surface area contributed by atoms with Crippen LogP contribution in [0.4, 0.5) is 22.4 Å². The van der Waals surface area contributed by atoms with Crippen molar-refractivity contribution in [3.05, 3.63) is 0 Å². The van der Waals surface area contributed by atoms with Gasteiger partial charge in [0.1, 0.15) is 6.17 Å². The highest BCUT2D eigenvalue weighted by Crippen LogP contribution is 2.35. The average molecular weight is 278 g/mol. The number of carbonyl (C=O) groups is 1. The smallest absolute Gasteiger partial charge is 0.428 e. The van der Waals surface area contributed by atoms with E-state index < -0.39 is 47.7 Å². The Labute approximate surface area is 98.6 Å². The number of alkyl halides is 4. The summed E-state index contributed by atoms with van der Waals surface area (Å²) >= 11 is -0.446. The third-order valence-corrected chi connectivity index (χ3v) is 2.77. The van der Waals surface area contributed by atoms with E-state index in [4.69, 9.17) is 4.74 Å². The summed E-state index contributed by atoms with van der Waals surface area (Å²) in [7, 11) is 0. The van der Waals surface area contributed by atoms with Gasteiger partial charge in [0.2, 0.25) is 6.29 Å². The minimum atomic E-state index is -4.49. The van der Waals surface area contributed by atoms with Crippen molar-refractivity contribution in [3.63, 3.8) is 0 Å². The van der Waals surface area contributed by atoms with Crippen molar-refractivity contribution in [3.8, 4) is 0 Å². The van der Waals surface area contributed by atoms with Crippen LogP contribution >= 0.6 is 11.8 Å². The predicted molar refractivity (Wildman–Crippen MR) is 50.2 cm³/mol.